The van der Waals surface area contributed by atoms with Crippen LogP contribution in [-0.2, 0) is 11.2 Å². The van der Waals surface area contributed by atoms with Crippen molar-refractivity contribution in [3.8, 4) is 17.1 Å². The maximum atomic E-state index is 11.7. The van der Waals surface area contributed by atoms with Gasteiger partial charge in [0.2, 0.25) is 0 Å². The van der Waals surface area contributed by atoms with Crippen LogP contribution in [0.1, 0.15) is 103 Å². The van der Waals surface area contributed by atoms with Crippen molar-refractivity contribution >= 4 is 6.16 Å². The molecule has 182 valence electrons. The van der Waals surface area contributed by atoms with Gasteiger partial charge >= 0.3 is 6.16 Å². The fourth-order valence-corrected chi connectivity index (χ4v) is 3.75. The van der Waals surface area contributed by atoms with E-state index in [0.29, 0.717) is 18.2 Å². The second kappa shape index (κ2) is 17.1. The summed E-state index contributed by atoms with van der Waals surface area (Å²) >= 11 is 0. The van der Waals surface area contributed by atoms with Gasteiger partial charge in [-0.1, -0.05) is 84.5 Å². The molecule has 0 bridgehead atoms. The Morgan fingerprint density at radius 3 is 1.88 bits per heavy atom. The molecule has 2 rings (SSSR count). The summed E-state index contributed by atoms with van der Waals surface area (Å²) in [5.41, 5.74) is 2.08. The third-order valence-corrected chi connectivity index (χ3v) is 5.81. The molecule has 0 fully saturated rings. The molecule has 0 atom stereocenters. The molecule has 0 aliphatic heterocycles. The lowest BCUT2D eigenvalue weighted by Gasteiger charge is -2.07. The molecule has 0 amide bonds. The highest BCUT2D eigenvalue weighted by atomic mass is 16.7. The van der Waals surface area contributed by atoms with Crippen LogP contribution in [-0.4, -0.2) is 22.7 Å². The van der Waals surface area contributed by atoms with Crippen LogP contribution in [0.25, 0.3) is 11.4 Å². The first-order valence-corrected chi connectivity index (χ1v) is 13.0. The zero-order chi connectivity index (χ0) is 23.6. The van der Waals surface area contributed by atoms with Gasteiger partial charge in [-0.25, -0.2) is 14.8 Å². The normalized spacial score (nSPS) is 10.8. The molecule has 1 heterocycles. The number of nitrogens with zero attached hydrogens (tertiary/aromatic N) is 2. The first kappa shape index (κ1) is 26.8. The smallest absolute Gasteiger partial charge is 0.434 e. The number of hydrogen-bond acceptors (Lipinski definition) is 5. The van der Waals surface area contributed by atoms with Crippen molar-refractivity contribution in [2.45, 2.75) is 104 Å². The third kappa shape index (κ3) is 11.8. The molecule has 1 aromatic heterocycles. The Balaban J connectivity index is 1.64. The van der Waals surface area contributed by atoms with Crippen molar-refractivity contribution in [1.82, 2.24) is 9.97 Å². The lowest BCUT2D eigenvalue weighted by atomic mass is 10.0. The Bertz CT molecular complexity index is 760. The van der Waals surface area contributed by atoms with Crippen LogP contribution in [0.4, 0.5) is 4.79 Å². The zero-order valence-electron chi connectivity index (χ0n) is 20.7. The zero-order valence-corrected chi connectivity index (χ0v) is 20.7. The van der Waals surface area contributed by atoms with E-state index < -0.39 is 6.16 Å². The number of aryl methyl sites for hydroxylation is 1. The van der Waals surface area contributed by atoms with Crippen LogP contribution in [0.5, 0.6) is 5.75 Å². The average molecular weight is 455 g/mol. The van der Waals surface area contributed by atoms with Crippen molar-refractivity contribution in [1.29, 1.82) is 0 Å². The summed E-state index contributed by atoms with van der Waals surface area (Å²) < 4.78 is 10.3. The highest BCUT2D eigenvalue weighted by Gasteiger charge is 2.07. The second-order valence-corrected chi connectivity index (χ2v) is 8.78. The predicted molar refractivity (Wildman–Crippen MR) is 135 cm³/mol. The highest BCUT2D eigenvalue weighted by Crippen LogP contribution is 2.20. The molecule has 5 heteroatoms. The molecule has 0 aliphatic rings. The standard InChI is InChI=1S/C28H42N2O3/c1-3-5-7-8-9-10-11-12-13-14-16-24-22-29-27(30-23-24)25-17-19-26(20-18-25)33-28(31)32-21-15-6-4-2/h17-20,22-23H,3-16,21H2,1-2H3. The molecule has 0 radical (unpaired) electrons. The predicted octanol–water partition coefficient (Wildman–Crippen LogP) is 8.31. The number of unbranched alkanes of at least 4 members (excludes halogenated alkanes) is 11. The van der Waals surface area contributed by atoms with Crippen LogP contribution in [0.3, 0.4) is 0 Å². The molecular weight excluding hydrogens is 412 g/mol. The summed E-state index contributed by atoms with van der Waals surface area (Å²) in [5, 5.41) is 0. The first-order valence-electron chi connectivity index (χ1n) is 13.0. The van der Waals surface area contributed by atoms with E-state index in [4.69, 9.17) is 9.47 Å². The number of ether oxygens (including phenoxy) is 2. The second-order valence-electron chi connectivity index (χ2n) is 8.78. The van der Waals surface area contributed by atoms with Gasteiger partial charge in [0, 0.05) is 18.0 Å². The molecule has 0 saturated heterocycles. The molecule has 0 spiro atoms. The molecule has 0 saturated carbocycles. The summed E-state index contributed by atoms with van der Waals surface area (Å²) in [6.45, 7) is 4.77. The van der Waals surface area contributed by atoms with Crippen LogP contribution >= 0.6 is 0 Å². The number of hydrogen-bond donors (Lipinski definition) is 0. The SMILES string of the molecule is CCCCCCCCCCCCc1cnc(-c2ccc(OC(=O)OCCCCC)cc2)nc1. The molecule has 1 aromatic carbocycles. The topological polar surface area (TPSA) is 61.3 Å². The summed E-state index contributed by atoms with van der Waals surface area (Å²) in [7, 11) is 0. The van der Waals surface area contributed by atoms with E-state index >= 15 is 0 Å². The Kier molecular flexibility index (Phi) is 13.9. The minimum atomic E-state index is -0.661. The molecular formula is C28H42N2O3. The molecule has 0 unspecified atom stereocenters. The maximum absolute atomic E-state index is 11.7. The van der Waals surface area contributed by atoms with Crippen LogP contribution in [0.2, 0.25) is 0 Å². The van der Waals surface area contributed by atoms with Gasteiger partial charge in [-0.15, -0.1) is 0 Å². The largest absolute Gasteiger partial charge is 0.513 e. The summed E-state index contributed by atoms with van der Waals surface area (Å²) in [6, 6.07) is 7.20. The maximum Gasteiger partial charge on any atom is 0.513 e. The summed E-state index contributed by atoms with van der Waals surface area (Å²) in [5.74, 6) is 1.13. The van der Waals surface area contributed by atoms with Crippen molar-refractivity contribution in [3.05, 3.63) is 42.2 Å². The van der Waals surface area contributed by atoms with E-state index in [0.717, 1.165) is 31.2 Å². The van der Waals surface area contributed by atoms with Crippen LogP contribution < -0.4 is 4.74 Å². The fourth-order valence-electron chi connectivity index (χ4n) is 3.75. The molecule has 0 aliphatic carbocycles. The number of aromatic nitrogens is 2. The Morgan fingerprint density at radius 2 is 1.27 bits per heavy atom. The van der Waals surface area contributed by atoms with E-state index in [1.165, 1.54) is 69.8 Å². The molecule has 2 aromatic rings. The Labute approximate surface area is 200 Å². The lowest BCUT2D eigenvalue weighted by molar-refractivity contribution is 0.0974. The van der Waals surface area contributed by atoms with Gasteiger partial charge in [0.15, 0.2) is 5.82 Å². The average Bonchev–Trinajstić information content (AvgIpc) is 2.84. The molecule has 5 nitrogen and oxygen atoms in total. The first-order chi connectivity index (χ1) is 16.2. The van der Waals surface area contributed by atoms with Crippen molar-refractivity contribution < 1.29 is 14.3 Å². The number of carbonyl (C=O) groups is 1. The quantitative estimate of drug-likeness (QED) is 0.137. The Hall–Kier alpha value is -2.43. The molecule has 33 heavy (non-hydrogen) atoms. The van der Waals surface area contributed by atoms with Crippen LogP contribution in [0, 0.1) is 0 Å². The van der Waals surface area contributed by atoms with Crippen molar-refractivity contribution in [2.24, 2.45) is 0 Å². The fraction of sp³-hybridized carbons (Fsp3) is 0.607. The van der Waals surface area contributed by atoms with E-state index in [9.17, 15) is 4.79 Å². The Morgan fingerprint density at radius 1 is 0.727 bits per heavy atom. The van der Waals surface area contributed by atoms with Crippen molar-refractivity contribution in [3.63, 3.8) is 0 Å². The third-order valence-electron chi connectivity index (χ3n) is 5.81. The summed E-state index contributed by atoms with van der Waals surface area (Å²) in [6.07, 6.45) is 20.6. The summed E-state index contributed by atoms with van der Waals surface area (Å²) in [4.78, 5) is 20.7. The minimum Gasteiger partial charge on any atom is -0.434 e. The van der Waals surface area contributed by atoms with E-state index in [2.05, 4.69) is 23.8 Å². The van der Waals surface area contributed by atoms with E-state index in [1.54, 1.807) is 12.1 Å². The molecule has 0 N–H and O–H groups in total. The van der Waals surface area contributed by atoms with Gasteiger partial charge in [-0.2, -0.15) is 0 Å². The monoisotopic (exact) mass is 454 g/mol. The van der Waals surface area contributed by atoms with E-state index in [1.807, 2.05) is 24.5 Å². The number of carbonyl (C=O) groups excluding carboxylic acids is 1. The lowest BCUT2D eigenvalue weighted by Crippen LogP contribution is -2.11. The number of benzene rings is 1. The van der Waals surface area contributed by atoms with Gasteiger partial charge in [-0.3, -0.25) is 0 Å². The number of rotatable bonds is 17. The van der Waals surface area contributed by atoms with Gasteiger partial charge in [0.05, 0.1) is 6.61 Å². The van der Waals surface area contributed by atoms with Gasteiger partial charge in [-0.05, 0) is 49.1 Å². The van der Waals surface area contributed by atoms with E-state index in [-0.39, 0.29) is 0 Å². The minimum absolute atomic E-state index is 0.393. The van der Waals surface area contributed by atoms with Gasteiger partial charge in [0.1, 0.15) is 5.75 Å². The van der Waals surface area contributed by atoms with Gasteiger partial charge in [0.25, 0.3) is 0 Å². The van der Waals surface area contributed by atoms with Crippen LogP contribution in [0.15, 0.2) is 36.7 Å². The van der Waals surface area contributed by atoms with Crippen molar-refractivity contribution in [2.75, 3.05) is 6.61 Å². The van der Waals surface area contributed by atoms with Gasteiger partial charge < -0.3 is 9.47 Å². The highest BCUT2D eigenvalue weighted by molar-refractivity contribution is 5.64.